The van der Waals surface area contributed by atoms with Crippen LogP contribution in [0.3, 0.4) is 0 Å². The molecule has 1 aromatic carbocycles. The topological polar surface area (TPSA) is 79.9 Å². The van der Waals surface area contributed by atoms with E-state index in [0.717, 1.165) is 12.1 Å². The van der Waals surface area contributed by atoms with Crippen LogP contribution in [0.25, 0.3) is 0 Å². The first-order chi connectivity index (χ1) is 11.6. The van der Waals surface area contributed by atoms with Crippen molar-refractivity contribution < 1.29 is 19.1 Å². The van der Waals surface area contributed by atoms with Crippen molar-refractivity contribution in [1.82, 2.24) is 10.6 Å². The predicted octanol–water partition coefficient (Wildman–Crippen LogP) is 1.53. The van der Waals surface area contributed by atoms with Crippen LogP contribution in [0.2, 0.25) is 0 Å². The van der Waals surface area contributed by atoms with Gasteiger partial charge >= 0.3 is 6.03 Å². The van der Waals surface area contributed by atoms with Crippen molar-refractivity contribution in [2.24, 2.45) is 0 Å². The van der Waals surface area contributed by atoms with Crippen molar-refractivity contribution in [3.63, 3.8) is 0 Å². The fourth-order valence-electron chi connectivity index (χ4n) is 2.59. The molecule has 3 amide bonds. The van der Waals surface area contributed by atoms with Crippen molar-refractivity contribution in [2.75, 3.05) is 38.3 Å². The summed E-state index contributed by atoms with van der Waals surface area (Å²) in [6.45, 7) is 4.24. The fraction of sp³-hybridized carbons (Fsp3) is 0.529. The summed E-state index contributed by atoms with van der Waals surface area (Å²) in [6, 6.07) is 6.89. The molecule has 0 aromatic heterocycles. The first kappa shape index (κ1) is 18.1. The summed E-state index contributed by atoms with van der Waals surface area (Å²) in [4.78, 5) is 25.7. The maximum Gasteiger partial charge on any atom is 0.315 e. The third kappa shape index (κ3) is 5.13. The number of hydrogen-bond acceptors (Lipinski definition) is 4. The van der Waals surface area contributed by atoms with Crippen LogP contribution < -0.4 is 20.3 Å². The number of carbonyl (C=O) groups excluding carboxylic acids is 2. The van der Waals surface area contributed by atoms with E-state index in [1.165, 1.54) is 0 Å². The predicted molar refractivity (Wildman–Crippen MR) is 91.4 cm³/mol. The van der Waals surface area contributed by atoms with Crippen molar-refractivity contribution in [2.45, 2.75) is 25.8 Å². The molecule has 24 heavy (non-hydrogen) atoms. The minimum absolute atomic E-state index is 0.00935. The fourth-order valence-corrected chi connectivity index (χ4v) is 2.59. The highest BCUT2D eigenvalue weighted by atomic mass is 16.5. The summed E-state index contributed by atoms with van der Waals surface area (Å²) in [5.74, 6) is 0.689. The highest BCUT2D eigenvalue weighted by Crippen LogP contribution is 2.25. The van der Waals surface area contributed by atoms with Crippen LogP contribution in [0.15, 0.2) is 24.3 Å². The third-order valence-corrected chi connectivity index (χ3v) is 3.78. The molecule has 0 unspecified atom stereocenters. The Kier molecular flexibility index (Phi) is 6.87. The first-order valence-corrected chi connectivity index (χ1v) is 8.20. The number of ether oxygens (including phenoxy) is 2. The first-order valence-electron chi connectivity index (χ1n) is 8.20. The molecule has 1 heterocycles. The maximum absolute atomic E-state index is 12.2. The van der Waals surface area contributed by atoms with Crippen LogP contribution in [-0.4, -0.2) is 51.4 Å². The maximum atomic E-state index is 12.2. The Bertz CT molecular complexity index is 565. The van der Waals surface area contributed by atoms with Crippen molar-refractivity contribution in [3.8, 4) is 5.75 Å². The van der Waals surface area contributed by atoms with Crippen LogP contribution in [0.4, 0.5) is 10.5 Å². The summed E-state index contributed by atoms with van der Waals surface area (Å²) in [5, 5.41) is 5.62. The Morgan fingerprint density at radius 2 is 2.25 bits per heavy atom. The second kappa shape index (κ2) is 9.12. The zero-order chi connectivity index (χ0) is 17.4. The number of hydrogen-bond donors (Lipinski definition) is 2. The lowest BCUT2D eigenvalue weighted by molar-refractivity contribution is -0.117. The molecule has 132 valence electrons. The van der Waals surface area contributed by atoms with Gasteiger partial charge in [-0.15, -0.1) is 0 Å². The summed E-state index contributed by atoms with van der Waals surface area (Å²) >= 11 is 0. The number of carbonyl (C=O) groups is 2. The van der Waals surface area contributed by atoms with Gasteiger partial charge in [-0.05, 0) is 25.5 Å². The molecule has 0 spiro atoms. The smallest absolute Gasteiger partial charge is 0.315 e. The van der Waals surface area contributed by atoms with E-state index in [2.05, 4.69) is 10.6 Å². The summed E-state index contributed by atoms with van der Waals surface area (Å²) in [7, 11) is 1.59. The van der Waals surface area contributed by atoms with E-state index in [4.69, 9.17) is 9.47 Å². The van der Waals surface area contributed by atoms with Gasteiger partial charge in [0.15, 0.2) is 0 Å². The number of urea groups is 1. The van der Waals surface area contributed by atoms with Crippen molar-refractivity contribution in [3.05, 3.63) is 24.3 Å². The van der Waals surface area contributed by atoms with E-state index in [1.54, 1.807) is 12.0 Å². The zero-order valence-electron chi connectivity index (χ0n) is 14.2. The van der Waals surface area contributed by atoms with E-state index in [0.29, 0.717) is 38.5 Å². The molecule has 1 aromatic rings. The normalized spacial score (nSPS) is 17.0. The van der Waals surface area contributed by atoms with E-state index < -0.39 is 0 Å². The van der Waals surface area contributed by atoms with Gasteiger partial charge in [-0.2, -0.15) is 0 Å². The molecular weight excluding hydrogens is 310 g/mol. The number of nitrogens with one attached hydrogen (secondary N) is 2. The van der Waals surface area contributed by atoms with Gasteiger partial charge in [-0.1, -0.05) is 6.07 Å². The molecular formula is C17H25N3O4. The molecule has 7 heteroatoms. The summed E-state index contributed by atoms with van der Waals surface area (Å²) in [5.41, 5.74) is 0.778. The Morgan fingerprint density at radius 1 is 1.42 bits per heavy atom. The van der Waals surface area contributed by atoms with Gasteiger partial charge in [0.05, 0.1) is 13.2 Å². The molecule has 2 rings (SSSR count). The average Bonchev–Trinajstić information content (AvgIpc) is 2.95. The lowest BCUT2D eigenvalue weighted by Crippen LogP contribution is -2.43. The van der Waals surface area contributed by atoms with Gasteiger partial charge in [-0.25, -0.2) is 4.79 Å². The quantitative estimate of drug-likeness (QED) is 0.706. The van der Waals surface area contributed by atoms with Crippen LogP contribution in [0, 0.1) is 0 Å². The number of benzene rings is 1. The molecule has 1 saturated heterocycles. The van der Waals surface area contributed by atoms with Gasteiger partial charge < -0.3 is 25.0 Å². The van der Waals surface area contributed by atoms with Gasteiger partial charge in [0.25, 0.3) is 0 Å². The van der Waals surface area contributed by atoms with E-state index in [1.807, 2.05) is 31.2 Å². The SMILES string of the molecule is CCOCCCNC(=O)N[C@@H]1CC(=O)N(c2cccc(OC)c2)C1. The number of amides is 3. The highest BCUT2D eigenvalue weighted by molar-refractivity contribution is 5.97. The molecule has 1 aliphatic heterocycles. The molecule has 2 N–H and O–H groups in total. The standard InChI is InChI=1S/C17H25N3O4/c1-3-24-9-5-8-18-17(22)19-13-10-16(21)20(12-13)14-6-4-7-15(11-14)23-2/h4,6-7,11,13H,3,5,8-10,12H2,1-2H3,(H2,18,19,22)/t13-/m1/s1. The van der Waals surface area contributed by atoms with E-state index in [9.17, 15) is 9.59 Å². The monoisotopic (exact) mass is 335 g/mol. The van der Waals surface area contributed by atoms with E-state index >= 15 is 0 Å². The Hall–Kier alpha value is -2.28. The molecule has 1 atom stereocenters. The van der Waals surface area contributed by atoms with Crippen molar-refractivity contribution >= 4 is 17.6 Å². The lowest BCUT2D eigenvalue weighted by atomic mass is 10.2. The minimum Gasteiger partial charge on any atom is -0.497 e. The van der Waals surface area contributed by atoms with Crippen LogP contribution in [0.1, 0.15) is 19.8 Å². The number of nitrogens with zero attached hydrogens (tertiary/aromatic N) is 1. The largest absolute Gasteiger partial charge is 0.497 e. The zero-order valence-corrected chi connectivity index (χ0v) is 14.2. The molecule has 1 fully saturated rings. The Balaban J connectivity index is 1.80. The molecule has 0 bridgehead atoms. The van der Waals surface area contributed by atoms with Gasteiger partial charge in [0.2, 0.25) is 5.91 Å². The second-order valence-electron chi connectivity index (χ2n) is 5.56. The Labute approximate surface area is 142 Å². The van der Waals surface area contributed by atoms with E-state index in [-0.39, 0.29) is 18.0 Å². The van der Waals surface area contributed by atoms with Gasteiger partial charge in [0, 0.05) is 44.5 Å². The van der Waals surface area contributed by atoms with Crippen LogP contribution in [0.5, 0.6) is 5.75 Å². The summed E-state index contributed by atoms with van der Waals surface area (Å²) < 4.78 is 10.4. The molecule has 0 aliphatic carbocycles. The lowest BCUT2D eigenvalue weighted by Gasteiger charge is -2.18. The number of anilines is 1. The number of methoxy groups -OCH3 is 1. The van der Waals surface area contributed by atoms with Crippen molar-refractivity contribution in [1.29, 1.82) is 0 Å². The molecule has 7 nitrogen and oxygen atoms in total. The van der Waals surface area contributed by atoms with Gasteiger partial charge in [-0.3, -0.25) is 4.79 Å². The minimum atomic E-state index is -0.253. The van der Waals surface area contributed by atoms with Gasteiger partial charge in [0.1, 0.15) is 5.75 Å². The molecule has 0 saturated carbocycles. The van der Waals surface area contributed by atoms with Crippen LogP contribution in [-0.2, 0) is 9.53 Å². The summed E-state index contributed by atoms with van der Waals surface area (Å²) in [6.07, 6.45) is 1.06. The Morgan fingerprint density at radius 3 is 3.00 bits per heavy atom. The average molecular weight is 335 g/mol. The number of rotatable bonds is 8. The molecule has 0 radical (unpaired) electrons. The second-order valence-corrected chi connectivity index (χ2v) is 5.56. The highest BCUT2D eigenvalue weighted by Gasteiger charge is 2.31. The molecule has 1 aliphatic rings. The van der Waals surface area contributed by atoms with Crippen LogP contribution >= 0.6 is 0 Å². The third-order valence-electron chi connectivity index (χ3n) is 3.78.